The molecule has 0 spiro atoms. The number of anilines is 1. The molecule has 5 heteroatoms. The summed E-state index contributed by atoms with van der Waals surface area (Å²) >= 11 is 0. The van der Waals surface area contributed by atoms with Crippen molar-refractivity contribution in [2.24, 2.45) is 5.92 Å². The van der Waals surface area contributed by atoms with Gasteiger partial charge < -0.3 is 10.0 Å². The first-order valence-electron chi connectivity index (χ1n) is 6.11. The van der Waals surface area contributed by atoms with E-state index >= 15 is 0 Å². The molecule has 0 aliphatic heterocycles. The Morgan fingerprint density at radius 3 is 2.72 bits per heavy atom. The van der Waals surface area contributed by atoms with E-state index < -0.39 is 0 Å². The quantitative estimate of drug-likeness (QED) is 0.656. The highest BCUT2D eigenvalue weighted by Gasteiger charge is 2.29. The predicted octanol–water partition coefficient (Wildman–Crippen LogP) is 2.11. The number of aliphatic hydroxyl groups is 1. The Kier molecular flexibility index (Phi) is 3.52. The van der Waals surface area contributed by atoms with Gasteiger partial charge in [-0.3, -0.25) is 10.1 Å². The smallest absolute Gasteiger partial charge is 0.292 e. The summed E-state index contributed by atoms with van der Waals surface area (Å²) in [6, 6.07) is 5.15. The van der Waals surface area contributed by atoms with Crippen LogP contribution in [0.25, 0.3) is 0 Å². The van der Waals surface area contributed by atoms with Crippen molar-refractivity contribution in [3.63, 3.8) is 0 Å². The minimum Gasteiger partial charge on any atom is -0.393 e. The second kappa shape index (κ2) is 4.94. The Morgan fingerprint density at radius 2 is 2.17 bits per heavy atom. The summed E-state index contributed by atoms with van der Waals surface area (Å²) in [5.41, 5.74) is 1.81. The Morgan fingerprint density at radius 1 is 1.50 bits per heavy atom. The molecule has 0 bridgehead atoms. The predicted molar refractivity (Wildman–Crippen MR) is 69.8 cm³/mol. The lowest BCUT2D eigenvalue weighted by atomic mass is 9.82. The monoisotopic (exact) mass is 250 g/mol. The van der Waals surface area contributed by atoms with Crippen LogP contribution in [0.5, 0.6) is 0 Å². The highest BCUT2D eigenvalue weighted by atomic mass is 16.6. The average Bonchev–Trinajstić information content (AvgIpc) is 2.26. The maximum atomic E-state index is 11.0. The minimum absolute atomic E-state index is 0.142. The summed E-state index contributed by atoms with van der Waals surface area (Å²) in [4.78, 5) is 12.6. The van der Waals surface area contributed by atoms with Crippen molar-refractivity contribution in [2.45, 2.75) is 25.9 Å². The summed E-state index contributed by atoms with van der Waals surface area (Å²) in [5, 5.41) is 20.3. The largest absolute Gasteiger partial charge is 0.393 e. The Labute approximate surface area is 106 Å². The number of hydrogen-bond donors (Lipinski definition) is 1. The normalized spacial score (nSPS) is 22.4. The number of aryl methyl sites for hydroxylation is 1. The second-order valence-corrected chi connectivity index (χ2v) is 5.12. The lowest BCUT2D eigenvalue weighted by molar-refractivity contribution is -0.384. The van der Waals surface area contributed by atoms with Gasteiger partial charge in [0.25, 0.3) is 5.69 Å². The number of hydrogen-bond acceptors (Lipinski definition) is 4. The zero-order valence-corrected chi connectivity index (χ0v) is 10.7. The van der Waals surface area contributed by atoms with Gasteiger partial charge in [-0.05, 0) is 37.3 Å². The zero-order valence-electron chi connectivity index (χ0n) is 10.7. The van der Waals surface area contributed by atoms with Crippen molar-refractivity contribution < 1.29 is 10.0 Å². The minimum atomic E-state index is -0.346. The standard InChI is InChI=1S/C13H18N2O3/c1-9-3-4-12(15(17)18)13(5-9)14(2)8-10-6-11(16)7-10/h3-5,10-11,16H,6-8H2,1-2H3. The van der Waals surface area contributed by atoms with Gasteiger partial charge in [-0.2, -0.15) is 0 Å². The first-order chi connectivity index (χ1) is 8.47. The first kappa shape index (κ1) is 12.8. The van der Waals surface area contributed by atoms with Gasteiger partial charge in [-0.25, -0.2) is 0 Å². The third kappa shape index (κ3) is 2.61. The molecular weight excluding hydrogens is 232 g/mol. The highest BCUT2D eigenvalue weighted by molar-refractivity contribution is 5.64. The van der Waals surface area contributed by atoms with Crippen LogP contribution in [-0.4, -0.2) is 29.7 Å². The van der Waals surface area contributed by atoms with Crippen LogP contribution in [-0.2, 0) is 0 Å². The molecule has 0 radical (unpaired) electrons. The molecule has 1 aromatic carbocycles. The van der Waals surface area contributed by atoms with E-state index in [0.29, 0.717) is 11.6 Å². The third-order valence-corrected chi connectivity index (χ3v) is 3.48. The van der Waals surface area contributed by atoms with Crippen molar-refractivity contribution in [3.8, 4) is 0 Å². The van der Waals surface area contributed by atoms with Crippen molar-refractivity contribution in [1.29, 1.82) is 0 Å². The van der Waals surface area contributed by atoms with Crippen LogP contribution in [0, 0.1) is 23.0 Å². The number of nitrogens with zero attached hydrogens (tertiary/aromatic N) is 2. The van der Waals surface area contributed by atoms with Gasteiger partial charge in [0.2, 0.25) is 0 Å². The molecule has 18 heavy (non-hydrogen) atoms. The second-order valence-electron chi connectivity index (χ2n) is 5.12. The molecule has 5 nitrogen and oxygen atoms in total. The molecule has 2 rings (SSSR count). The number of nitro benzene ring substituents is 1. The number of aliphatic hydroxyl groups excluding tert-OH is 1. The molecular formula is C13H18N2O3. The van der Waals surface area contributed by atoms with Crippen LogP contribution in [0.4, 0.5) is 11.4 Å². The van der Waals surface area contributed by atoms with Gasteiger partial charge in [-0.15, -0.1) is 0 Å². The maximum absolute atomic E-state index is 11.0. The van der Waals surface area contributed by atoms with Gasteiger partial charge in [0.1, 0.15) is 5.69 Å². The molecule has 0 heterocycles. The van der Waals surface area contributed by atoms with E-state index in [1.807, 2.05) is 24.9 Å². The molecule has 1 aromatic rings. The van der Waals surface area contributed by atoms with Crippen LogP contribution in [0.2, 0.25) is 0 Å². The van der Waals surface area contributed by atoms with E-state index in [2.05, 4.69) is 0 Å². The molecule has 0 atom stereocenters. The summed E-state index contributed by atoms with van der Waals surface area (Å²) < 4.78 is 0. The molecule has 0 unspecified atom stereocenters. The van der Waals surface area contributed by atoms with E-state index in [9.17, 15) is 15.2 Å². The molecule has 98 valence electrons. The number of rotatable bonds is 4. The Hall–Kier alpha value is -1.62. The fraction of sp³-hybridized carbons (Fsp3) is 0.538. The van der Waals surface area contributed by atoms with Gasteiger partial charge in [0, 0.05) is 19.7 Å². The van der Waals surface area contributed by atoms with Crippen LogP contribution in [0.15, 0.2) is 18.2 Å². The van der Waals surface area contributed by atoms with Crippen LogP contribution >= 0.6 is 0 Å². The molecule has 1 saturated carbocycles. The van der Waals surface area contributed by atoms with E-state index in [1.54, 1.807) is 12.1 Å². The average molecular weight is 250 g/mol. The van der Waals surface area contributed by atoms with E-state index in [0.717, 1.165) is 24.9 Å². The summed E-state index contributed by atoms with van der Waals surface area (Å²) in [7, 11) is 1.87. The molecule has 1 aliphatic rings. The van der Waals surface area contributed by atoms with E-state index in [1.165, 1.54) is 0 Å². The summed E-state index contributed by atoms with van der Waals surface area (Å²) in [6.45, 7) is 2.68. The lowest BCUT2D eigenvalue weighted by Crippen LogP contribution is -2.37. The van der Waals surface area contributed by atoms with Crippen molar-refractivity contribution >= 4 is 11.4 Å². The fourth-order valence-electron chi connectivity index (χ4n) is 2.43. The Balaban J connectivity index is 2.15. The molecule has 1 aliphatic carbocycles. The molecule has 0 aromatic heterocycles. The molecule has 1 fully saturated rings. The topological polar surface area (TPSA) is 66.6 Å². The number of benzene rings is 1. The van der Waals surface area contributed by atoms with Gasteiger partial charge >= 0.3 is 0 Å². The Bertz CT molecular complexity index is 456. The van der Waals surface area contributed by atoms with Crippen LogP contribution in [0.1, 0.15) is 18.4 Å². The molecule has 0 amide bonds. The van der Waals surface area contributed by atoms with E-state index in [4.69, 9.17) is 0 Å². The summed E-state index contributed by atoms with van der Waals surface area (Å²) in [5.74, 6) is 0.435. The highest BCUT2D eigenvalue weighted by Crippen LogP contribution is 2.33. The summed E-state index contributed by atoms with van der Waals surface area (Å²) in [6.07, 6.45) is 1.41. The maximum Gasteiger partial charge on any atom is 0.292 e. The SMILES string of the molecule is Cc1ccc([N+](=O)[O-])c(N(C)CC2CC(O)C2)c1. The zero-order chi connectivity index (χ0) is 13.3. The first-order valence-corrected chi connectivity index (χ1v) is 6.11. The molecule has 0 saturated heterocycles. The van der Waals surface area contributed by atoms with E-state index in [-0.39, 0.29) is 16.7 Å². The van der Waals surface area contributed by atoms with Gasteiger partial charge in [0.15, 0.2) is 0 Å². The lowest BCUT2D eigenvalue weighted by Gasteiger charge is -2.35. The van der Waals surface area contributed by atoms with Gasteiger partial charge in [-0.1, -0.05) is 6.07 Å². The van der Waals surface area contributed by atoms with Crippen molar-refractivity contribution in [1.82, 2.24) is 0 Å². The van der Waals surface area contributed by atoms with Crippen molar-refractivity contribution in [2.75, 3.05) is 18.5 Å². The van der Waals surface area contributed by atoms with Crippen molar-refractivity contribution in [3.05, 3.63) is 33.9 Å². The van der Waals surface area contributed by atoms with Crippen LogP contribution in [0.3, 0.4) is 0 Å². The van der Waals surface area contributed by atoms with Gasteiger partial charge in [0.05, 0.1) is 11.0 Å². The number of nitro groups is 1. The van der Waals surface area contributed by atoms with Crippen LogP contribution < -0.4 is 4.90 Å². The third-order valence-electron chi connectivity index (χ3n) is 3.48. The fourth-order valence-corrected chi connectivity index (χ4v) is 2.43. The molecule has 1 N–H and O–H groups in total.